The summed E-state index contributed by atoms with van der Waals surface area (Å²) in [7, 11) is 0. The van der Waals surface area contributed by atoms with E-state index in [1.54, 1.807) is 6.07 Å². The third-order valence-electron chi connectivity index (χ3n) is 1.86. The Morgan fingerprint density at radius 2 is 1.84 bits per heavy atom. The van der Waals surface area contributed by atoms with Gasteiger partial charge in [-0.05, 0) is 12.1 Å². The van der Waals surface area contributed by atoms with Crippen LogP contribution in [0.3, 0.4) is 0 Å². The Morgan fingerprint density at radius 3 is 2.42 bits per heavy atom. The predicted octanol–water partition coefficient (Wildman–Crippen LogP) is 3.82. The summed E-state index contributed by atoms with van der Waals surface area (Å²) in [5.74, 6) is 0.0793. The van der Waals surface area contributed by atoms with Gasteiger partial charge in [0.25, 0.3) is 0 Å². The maximum atomic E-state index is 11.9. The van der Waals surface area contributed by atoms with Crippen molar-refractivity contribution in [1.29, 1.82) is 0 Å². The third-order valence-corrected chi connectivity index (χ3v) is 2.07. The van der Waals surface area contributed by atoms with Crippen LogP contribution in [-0.2, 0) is 0 Å². The predicted molar refractivity (Wildman–Crippen MR) is 60.2 cm³/mol. The van der Waals surface area contributed by atoms with Crippen LogP contribution >= 0.6 is 11.6 Å². The number of aromatic nitrogens is 2. The summed E-state index contributed by atoms with van der Waals surface area (Å²) in [4.78, 5) is 7.23. The first-order chi connectivity index (χ1) is 8.92. The molecular weight excluding hydrogens is 285 g/mol. The zero-order valence-electron chi connectivity index (χ0n) is 9.19. The van der Waals surface area contributed by atoms with Gasteiger partial charge in [-0.3, -0.25) is 0 Å². The van der Waals surface area contributed by atoms with Crippen LogP contribution in [0.5, 0.6) is 17.4 Å². The molecular formula is C11H6ClF3N2O2. The maximum Gasteiger partial charge on any atom is 0.574 e. The van der Waals surface area contributed by atoms with Gasteiger partial charge in [0.05, 0.1) is 6.20 Å². The molecule has 0 amide bonds. The van der Waals surface area contributed by atoms with Crippen molar-refractivity contribution in [2.24, 2.45) is 0 Å². The number of alkyl halides is 3. The van der Waals surface area contributed by atoms with Gasteiger partial charge in [0, 0.05) is 18.3 Å². The Bertz CT molecular complexity index is 561. The van der Waals surface area contributed by atoms with Crippen molar-refractivity contribution in [1.82, 2.24) is 9.97 Å². The molecule has 0 saturated carbocycles. The number of rotatable bonds is 3. The standard InChI is InChI=1S/C11H6ClF3N2O2/c12-9-5-7(3-4-16-9)18-8-1-2-10(17-6-8)19-11(13,14)15/h1-6H. The fraction of sp³-hybridized carbons (Fsp3) is 0.0909. The SMILES string of the molecule is FC(F)(F)Oc1ccc(Oc2ccnc(Cl)c2)cn1. The quantitative estimate of drug-likeness (QED) is 0.806. The molecule has 0 radical (unpaired) electrons. The van der Waals surface area contributed by atoms with Crippen LogP contribution in [0.4, 0.5) is 13.2 Å². The normalized spacial score (nSPS) is 11.2. The average Bonchev–Trinajstić information content (AvgIpc) is 2.30. The Kier molecular flexibility index (Phi) is 3.75. The lowest BCUT2D eigenvalue weighted by Gasteiger charge is -2.09. The molecule has 19 heavy (non-hydrogen) atoms. The minimum Gasteiger partial charge on any atom is -0.456 e. The number of hydrogen-bond acceptors (Lipinski definition) is 4. The topological polar surface area (TPSA) is 44.2 Å². The first-order valence-electron chi connectivity index (χ1n) is 4.93. The lowest BCUT2D eigenvalue weighted by atomic mass is 10.4. The molecule has 0 unspecified atom stereocenters. The molecule has 2 heterocycles. The van der Waals surface area contributed by atoms with Gasteiger partial charge in [0.2, 0.25) is 5.88 Å². The lowest BCUT2D eigenvalue weighted by Crippen LogP contribution is -2.17. The Labute approximate surface area is 110 Å². The van der Waals surface area contributed by atoms with E-state index in [0.29, 0.717) is 5.75 Å². The van der Waals surface area contributed by atoms with Crippen LogP contribution in [0.2, 0.25) is 5.15 Å². The van der Waals surface area contributed by atoms with E-state index in [2.05, 4.69) is 14.7 Å². The first kappa shape index (κ1) is 13.4. The number of nitrogens with zero attached hydrogens (tertiary/aromatic N) is 2. The number of halogens is 4. The molecule has 0 atom stereocenters. The lowest BCUT2D eigenvalue weighted by molar-refractivity contribution is -0.276. The molecule has 8 heteroatoms. The summed E-state index contributed by atoms with van der Waals surface area (Å²) in [5.41, 5.74) is 0. The van der Waals surface area contributed by atoms with Crippen molar-refractivity contribution in [3.63, 3.8) is 0 Å². The van der Waals surface area contributed by atoms with Gasteiger partial charge in [0.1, 0.15) is 16.7 Å². The average molecular weight is 291 g/mol. The summed E-state index contributed by atoms with van der Waals surface area (Å²) in [6, 6.07) is 5.35. The highest BCUT2D eigenvalue weighted by atomic mass is 35.5. The van der Waals surface area contributed by atoms with Crippen LogP contribution in [0, 0.1) is 0 Å². The molecule has 0 aliphatic heterocycles. The van der Waals surface area contributed by atoms with E-state index in [1.807, 2.05) is 0 Å². The Hall–Kier alpha value is -2.02. The smallest absolute Gasteiger partial charge is 0.456 e. The summed E-state index contributed by atoms with van der Waals surface area (Å²) >= 11 is 5.66. The molecule has 0 aliphatic rings. The highest BCUT2D eigenvalue weighted by Crippen LogP contribution is 2.25. The Morgan fingerprint density at radius 1 is 1.05 bits per heavy atom. The van der Waals surface area contributed by atoms with E-state index < -0.39 is 12.2 Å². The minimum absolute atomic E-state index is 0.238. The first-order valence-corrected chi connectivity index (χ1v) is 5.31. The van der Waals surface area contributed by atoms with Crippen LogP contribution in [-0.4, -0.2) is 16.3 Å². The molecule has 100 valence electrons. The zero-order valence-corrected chi connectivity index (χ0v) is 9.94. The second-order valence-corrected chi connectivity index (χ2v) is 3.68. The van der Waals surface area contributed by atoms with Gasteiger partial charge in [-0.25, -0.2) is 9.97 Å². The molecule has 0 fully saturated rings. The molecule has 0 N–H and O–H groups in total. The van der Waals surface area contributed by atoms with E-state index in [9.17, 15) is 13.2 Å². The highest BCUT2D eigenvalue weighted by Gasteiger charge is 2.31. The summed E-state index contributed by atoms with van der Waals surface area (Å²) in [6.45, 7) is 0. The van der Waals surface area contributed by atoms with Crippen molar-refractivity contribution in [2.75, 3.05) is 0 Å². The minimum atomic E-state index is -4.77. The molecule has 0 spiro atoms. The fourth-order valence-electron chi connectivity index (χ4n) is 1.19. The van der Waals surface area contributed by atoms with Gasteiger partial charge in [-0.1, -0.05) is 11.6 Å². The largest absolute Gasteiger partial charge is 0.574 e. The Balaban J connectivity index is 2.07. The maximum absolute atomic E-state index is 11.9. The highest BCUT2D eigenvalue weighted by molar-refractivity contribution is 6.29. The third kappa shape index (κ3) is 4.29. The van der Waals surface area contributed by atoms with Gasteiger partial charge in [0.15, 0.2) is 0 Å². The molecule has 0 aliphatic carbocycles. The summed E-state index contributed by atoms with van der Waals surface area (Å²) in [6.07, 6.45) is -2.23. The van der Waals surface area contributed by atoms with E-state index in [-0.39, 0.29) is 10.9 Å². The summed E-state index contributed by atoms with van der Waals surface area (Å²) < 4.78 is 44.7. The number of ether oxygens (including phenoxy) is 2. The van der Waals surface area contributed by atoms with Crippen LogP contribution in [0.15, 0.2) is 36.7 Å². The van der Waals surface area contributed by atoms with Crippen molar-refractivity contribution in [3.8, 4) is 17.4 Å². The second kappa shape index (κ2) is 5.31. The fourth-order valence-corrected chi connectivity index (χ4v) is 1.35. The van der Waals surface area contributed by atoms with Gasteiger partial charge in [-0.2, -0.15) is 0 Å². The molecule has 4 nitrogen and oxygen atoms in total. The molecule has 0 bridgehead atoms. The van der Waals surface area contributed by atoms with Crippen LogP contribution in [0.1, 0.15) is 0 Å². The van der Waals surface area contributed by atoms with Crippen molar-refractivity contribution < 1.29 is 22.6 Å². The molecule has 2 rings (SSSR count). The monoisotopic (exact) mass is 290 g/mol. The van der Waals surface area contributed by atoms with Crippen LogP contribution < -0.4 is 9.47 Å². The van der Waals surface area contributed by atoms with E-state index in [0.717, 1.165) is 12.3 Å². The molecule has 0 aromatic carbocycles. The summed E-state index contributed by atoms with van der Waals surface area (Å²) in [5, 5.41) is 0.238. The van der Waals surface area contributed by atoms with E-state index >= 15 is 0 Å². The van der Waals surface area contributed by atoms with Crippen molar-refractivity contribution >= 4 is 11.6 Å². The van der Waals surface area contributed by atoms with Crippen molar-refractivity contribution in [3.05, 3.63) is 41.8 Å². The van der Waals surface area contributed by atoms with Crippen LogP contribution in [0.25, 0.3) is 0 Å². The van der Waals surface area contributed by atoms with E-state index in [4.69, 9.17) is 16.3 Å². The van der Waals surface area contributed by atoms with E-state index in [1.165, 1.54) is 18.3 Å². The van der Waals surface area contributed by atoms with Gasteiger partial charge < -0.3 is 9.47 Å². The molecule has 2 aromatic heterocycles. The zero-order chi connectivity index (χ0) is 13.9. The second-order valence-electron chi connectivity index (χ2n) is 3.30. The van der Waals surface area contributed by atoms with Crippen molar-refractivity contribution in [2.45, 2.75) is 6.36 Å². The molecule has 0 saturated heterocycles. The van der Waals surface area contributed by atoms with Gasteiger partial charge >= 0.3 is 6.36 Å². The number of pyridine rings is 2. The molecule has 2 aromatic rings. The number of hydrogen-bond donors (Lipinski definition) is 0. The van der Waals surface area contributed by atoms with Gasteiger partial charge in [-0.15, -0.1) is 13.2 Å².